The Morgan fingerprint density at radius 1 is 1.17 bits per heavy atom. The van der Waals surface area contributed by atoms with Gasteiger partial charge in [-0.25, -0.2) is 0 Å². The van der Waals surface area contributed by atoms with E-state index >= 15 is 0 Å². The largest absolute Gasteiger partial charge is 0.0805 e. The van der Waals surface area contributed by atoms with Crippen molar-refractivity contribution in [2.75, 3.05) is 0 Å². The van der Waals surface area contributed by atoms with Gasteiger partial charge in [0.25, 0.3) is 0 Å². The van der Waals surface area contributed by atoms with E-state index in [2.05, 4.69) is 44.5 Å². The maximum Gasteiger partial charge on any atom is 0.0154 e. The third-order valence-corrected chi connectivity index (χ3v) is 2.33. The second kappa shape index (κ2) is 2.78. The number of allylic oxidation sites excluding steroid dienone is 2. The summed E-state index contributed by atoms with van der Waals surface area (Å²) in [6, 6.07) is 6.66. The van der Waals surface area contributed by atoms with Gasteiger partial charge in [-0.3, -0.25) is 0 Å². The maximum absolute atomic E-state index is 2.28. The van der Waals surface area contributed by atoms with Crippen LogP contribution in [0.1, 0.15) is 23.6 Å². The van der Waals surface area contributed by atoms with Crippen LogP contribution in [0.2, 0.25) is 0 Å². The van der Waals surface area contributed by atoms with Crippen molar-refractivity contribution < 1.29 is 0 Å². The highest BCUT2D eigenvalue weighted by molar-refractivity contribution is 5.45. The summed E-state index contributed by atoms with van der Waals surface area (Å²) >= 11 is 0. The van der Waals surface area contributed by atoms with Crippen molar-refractivity contribution in [1.82, 2.24) is 0 Å². The molecular formula is C12H13. The van der Waals surface area contributed by atoms with Gasteiger partial charge in [0.1, 0.15) is 0 Å². The zero-order valence-corrected chi connectivity index (χ0v) is 7.59. The maximum atomic E-state index is 2.28. The molecule has 0 aliphatic heterocycles. The Morgan fingerprint density at radius 3 is 2.83 bits per heavy atom. The summed E-state index contributed by atoms with van der Waals surface area (Å²) in [6.45, 7) is 4.30. The summed E-state index contributed by atoms with van der Waals surface area (Å²) in [5.41, 5.74) is 5.59. The Hall–Kier alpha value is -1.04. The van der Waals surface area contributed by atoms with Crippen LogP contribution in [0, 0.1) is 13.3 Å². The quantitative estimate of drug-likeness (QED) is 0.543. The average molecular weight is 157 g/mol. The minimum Gasteiger partial charge on any atom is -0.0805 e. The van der Waals surface area contributed by atoms with Gasteiger partial charge < -0.3 is 0 Å². The minimum absolute atomic E-state index is 1.10. The molecule has 0 saturated carbocycles. The summed E-state index contributed by atoms with van der Waals surface area (Å²) in [5.74, 6) is 0. The van der Waals surface area contributed by atoms with Crippen LogP contribution in [0.4, 0.5) is 0 Å². The van der Waals surface area contributed by atoms with E-state index in [-0.39, 0.29) is 0 Å². The average Bonchev–Trinajstić information content (AvgIpc) is 2.05. The predicted octanol–water partition coefficient (Wildman–Crippen LogP) is 3.05. The molecule has 0 fully saturated rings. The molecule has 0 unspecified atom stereocenters. The molecule has 1 aromatic carbocycles. The fourth-order valence-corrected chi connectivity index (χ4v) is 1.63. The molecule has 0 saturated heterocycles. The Morgan fingerprint density at radius 2 is 2.00 bits per heavy atom. The van der Waals surface area contributed by atoms with E-state index in [0.717, 1.165) is 6.42 Å². The summed E-state index contributed by atoms with van der Waals surface area (Å²) in [5, 5.41) is 0. The van der Waals surface area contributed by atoms with Crippen molar-refractivity contribution in [3.63, 3.8) is 0 Å². The van der Waals surface area contributed by atoms with Crippen LogP contribution in [-0.4, -0.2) is 0 Å². The van der Waals surface area contributed by atoms with Gasteiger partial charge in [0, 0.05) is 6.42 Å². The van der Waals surface area contributed by atoms with Gasteiger partial charge in [0.05, 0.1) is 0 Å². The SMILES string of the molecule is CC1=CCc2cc(C)ccc2[CH]1. The highest BCUT2D eigenvalue weighted by Gasteiger charge is 2.07. The van der Waals surface area contributed by atoms with Crippen molar-refractivity contribution in [2.24, 2.45) is 0 Å². The normalized spacial score (nSPS) is 15.3. The summed E-state index contributed by atoms with van der Waals surface area (Å²) in [6.07, 6.45) is 5.62. The van der Waals surface area contributed by atoms with Crippen LogP contribution < -0.4 is 0 Å². The van der Waals surface area contributed by atoms with E-state index in [9.17, 15) is 0 Å². The molecule has 0 aromatic heterocycles. The van der Waals surface area contributed by atoms with Crippen LogP contribution in [0.15, 0.2) is 29.8 Å². The van der Waals surface area contributed by atoms with E-state index in [1.165, 1.54) is 22.3 Å². The molecule has 2 rings (SSSR count). The number of hydrogen-bond acceptors (Lipinski definition) is 0. The molecule has 1 aliphatic carbocycles. The first kappa shape index (κ1) is 7.60. The Kier molecular flexibility index (Phi) is 1.76. The number of rotatable bonds is 0. The fourth-order valence-electron chi connectivity index (χ4n) is 1.63. The third kappa shape index (κ3) is 1.29. The Balaban J connectivity index is 2.43. The Bertz CT molecular complexity index is 332. The molecule has 1 aliphatic rings. The van der Waals surface area contributed by atoms with Crippen molar-refractivity contribution in [3.8, 4) is 0 Å². The van der Waals surface area contributed by atoms with Gasteiger partial charge in [-0.05, 0) is 31.4 Å². The lowest BCUT2D eigenvalue weighted by Crippen LogP contribution is -1.99. The van der Waals surface area contributed by atoms with Gasteiger partial charge in [0.2, 0.25) is 0 Å². The number of hydrogen-bond donors (Lipinski definition) is 0. The summed E-state index contributed by atoms with van der Waals surface area (Å²) in [7, 11) is 0. The molecule has 1 aromatic rings. The molecule has 0 N–H and O–H groups in total. The molecule has 0 nitrogen and oxygen atoms in total. The van der Waals surface area contributed by atoms with E-state index in [4.69, 9.17) is 0 Å². The first-order valence-corrected chi connectivity index (χ1v) is 4.37. The van der Waals surface area contributed by atoms with Crippen molar-refractivity contribution >= 4 is 0 Å². The second-order valence-corrected chi connectivity index (χ2v) is 3.50. The van der Waals surface area contributed by atoms with Crippen molar-refractivity contribution in [1.29, 1.82) is 0 Å². The molecule has 0 amide bonds. The van der Waals surface area contributed by atoms with Crippen LogP contribution in [0.3, 0.4) is 0 Å². The molecule has 61 valence electrons. The lowest BCUT2D eigenvalue weighted by Gasteiger charge is -2.14. The molecule has 0 heteroatoms. The van der Waals surface area contributed by atoms with Gasteiger partial charge in [-0.2, -0.15) is 0 Å². The second-order valence-electron chi connectivity index (χ2n) is 3.50. The smallest absolute Gasteiger partial charge is 0.0154 e. The van der Waals surface area contributed by atoms with Gasteiger partial charge in [-0.15, -0.1) is 0 Å². The van der Waals surface area contributed by atoms with E-state index in [1.807, 2.05) is 0 Å². The predicted molar refractivity (Wildman–Crippen MR) is 52.0 cm³/mol. The van der Waals surface area contributed by atoms with Crippen LogP contribution in [0.25, 0.3) is 0 Å². The molecular weight excluding hydrogens is 144 g/mol. The van der Waals surface area contributed by atoms with Gasteiger partial charge >= 0.3 is 0 Å². The first-order valence-electron chi connectivity index (χ1n) is 4.37. The fraction of sp³-hybridized carbons (Fsp3) is 0.250. The number of benzene rings is 1. The molecule has 0 atom stereocenters. The third-order valence-electron chi connectivity index (χ3n) is 2.33. The zero-order valence-electron chi connectivity index (χ0n) is 7.59. The zero-order chi connectivity index (χ0) is 8.55. The van der Waals surface area contributed by atoms with E-state index < -0.39 is 0 Å². The lowest BCUT2D eigenvalue weighted by atomic mass is 9.91. The molecule has 1 radical (unpaired) electrons. The lowest BCUT2D eigenvalue weighted by molar-refractivity contribution is 1.13. The highest BCUT2D eigenvalue weighted by Crippen LogP contribution is 2.23. The minimum atomic E-state index is 1.10. The first-order chi connectivity index (χ1) is 5.75. The van der Waals surface area contributed by atoms with Crippen LogP contribution >= 0.6 is 0 Å². The topological polar surface area (TPSA) is 0 Å². The van der Waals surface area contributed by atoms with Gasteiger partial charge in [-0.1, -0.05) is 35.4 Å². The van der Waals surface area contributed by atoms with Crippen LogP contribution in [0.5, 0.6) is 0 Å². The molecule has 0 bridgehead atoms. The summed E-state index contributed by atoms with van der Waals surface area (Å²) in [4.78, 5) is 0. The monoisotopic (exact) mass is 157 g/mol. The standard InChI is InChI=1S/C12H13/c1-9-3-5-12-8-10(2)4-6-11(12)7-9/h3-5,7-8H,6H2,1-2H3. The summed E-state index contributed by atoms with van der Waals surface area (Å²) < 4.78 is 0. The van der Waals surface area contributed by atoms with Crippen molar-refractivity contribution in [3.05, 3.63) is 53.0 Å². The Labute approximate surface area is 73.9 Å². The molecule has 0 spiro atoms. The highest BCUT2D eigenvalue weighted by atomic mass is 14.1. The number of fused-ring (bicyclic) bond motifs is 1. The molecule has 12 heavy (non-hydrogen) atoms. The van der Waals surface area contributed by atoms with Crippen LogP contribution in [-0.2, 0) is 6.42 Å². The van der Waals surface area contributed by atoms with Gasteiger partial charge in [0.15, 0.2) is 0 Å². The van der Waals surface area contributed by atoms with Crippen molar-refractivity contribution in [2.45, 2.75) is 20.3 Å². The van der Waals surface area contributed by atoms with E-state index in [0.29, 0.717) is 0 Å². The van der Waals surface area contributed by atoms with E-state index in [1.54, 1.807) is 0 Å². The number of aryl methyl sites for hydroxylation is 1. The molecule has 0 heterocycles.